The van der Waals surface area contributed by atoms with E-state index in [9.17, 15) is 9.18 Å². The second-order valence-corrected chi connectivity index (χ2v) is 15.1. The van der Waals surface area contributed by atoms with Crippen LogP contribution in [0.2, 0.25) is 0 Å². The Labute approximate surface area is 302 Å². The van der Waals surface area contributed by atoms with E-state index in [0.717, 1.165) is 19.4 Å². The second kappa shape index (κ2) is 12.8. The smallest absolute Gasteiger partial charge is 0.407 e. The first kappa shape index (κ1) is 33.8. The first-order valence-corrected chi connectivity index (χ1v) is 18.1. The number of aromatic nitrogens is 5. The molecule has 1 amide bonds. The third-order valence-corrected chi connectivity index (χ3v) is 11.2. The lowest BCUT2D eigenvalue weighted by Gasteiger charge is -2.42. The maximum atomic E-state index is 17.4. The summed E-state index contributed by atoms with van der Waals surface area (Å²) in [6, 6.07) is 8.22. The number of aromatic amines is 1. The molecule has 3 fully saturated rings. The highest BCUT2D eigenvalue weighted by Crippen LogP contribution is 2.42. The van der Waals surface area contributed by atoms with E-state index < -0.39 is 41.1 Å². The Morgan fingerprint density at radius 3 is 2.79 bits per heavy atom. The molecule has 0 radical (unpaired) electrons. The molecule has 10 rings (SSSR count). The number of nitrogens with zero attached hydrogens (tertiary/aromatic N) is 6. The number of nitrogens with one attached hydrogen (secondary N) is 2. The standard InChI is InChI=1S/C38H38F4N8O3/c1-37-14-23(39)17-49(19-37)34-27-16-43-32(31(42)33(27)45-35(46-34)53-20-38-8-3-10-50(38)18-24(40)15-38)26-13-22(29-7-9-44-48-29)12-21-5-6-28(41)25(30(21)26)4-2-11-52-36(51)47-37/h5-7,9,12-13,16,23-24H,2-4,8,10-11,14-15,17-20H2,1H3,(H,44,48)(H,47,51)/t23-,24-,37-,38+/m1/s1. The molecule has 0 spiro atoms. The van der Waals surface area contributed by atoms with E-state index in [1.165, 1.54) is 12.3 Å². The number of hydrogen-bond donors (Lipinski definition) is 2. The first-order valence-electron chi connectivity index (χ1n) is 18.1. The molecule has 6 bridgehead atoms. The van der Waals surface area contributed by atoms with Crippen molar-refractivity contribution < 1.29 is 31.8 Å². The fourth-order valence-corrected chi connectivity index (χ4v) is 8.97. The van der Waals surface area contributed by atoms with Crippen molar-refractivity contribution in [2.75, 3.05) is 44.3 Å². The zero-order valence-corrected chi connectivity index (χ0v) is 29.1. The molecule has 11 nitrogen and oxygen atoms in total. The number of alkyl halides is 2. The number of pyridine rings is 1. The average Bonchev–Trinajstić information content (AvgIpc) is 3.86. The number of alkyl carbamates (subject to hydrolysis) is 1. The monoisotopic (exact) mass is 730 g/mol. The molecular formula is C38H38F4N8O3. The molecule has 3 saturated heterocycles. The van der Waals surface area contributed by atoms with E-state index in [2.05, 4.69) is 30.4 Å². The molecule has 2 aromatic carbocycles. The Kier molecular flexibility index (Phi) is 8.16. The Morgan fingerprint density at radius 2 is 1.94 bits per heavy atom. The molecule has 0 unspecified atom stereocenters. The van der Waals surface area contributed by atoms with Gasteiger partial charge in [-0.3, -0.25) is 15.0 Å². The highest BCUT2D eigenvalue weighted by atomic mass is 19.1. The number of benzene rings is 2. The lowest BCUT2D eigenvalue weighted by molar-refractivity contribution is 0.107. The van der Waals surface area contributed by atoms with Crippen LogP contribution in [-0.4, -0.2) is 99.0 Å². The van der Waals surface area contributed by atoms with Gasteiger partial charge in [0.05, 0.1) is 35.3 Å². The number of rotatable bonds is 4. The van der Waals surface area contributed by atoms with Crippen molar-refractivity contribution >= 4 is 33.6 Å². The fraction of sp³-hybridized carbons (Fsp3) is 0.447. The number of H-pyrrole nitrogens is 1. The van der Waals surface area contributed by atoms with Crippen molar-refractivity contribution in [2.24, 2.45) is 0 Å². The molecule has 0 saturated carbocycles. The van der Waals surface area contributed by atoms with Crippen LogP contribution < -0.4 is 15.0 Å². The highest BCUT2D eigenvalue weighted by Gasteiger charge is 2.49. The zero-order valence-electron chi connectivity index (χ0n) is 29.1. The van der Waals surface area contributed by atoms with Gasteiger partial charge in [-0.05, 0) is 79.8 Å². The summed E-state index contributed by atoms with van der Waals surface area (Å²) in [6.07, 6.45) is 2.34. The van der Waals surface area contributed by atoms with Gasteiger partial charge in [0.2, 0.25) is 0 Å². The highest BCUT2D eigenvalue weighted by molar-refractivity contribution is 6.03. The first-order chi connectivity index (χ1) is 25.6. The number of carbonyl (C=O) groups excluding carboxylic acids is 1. The van der Waals surface area contributed by atoms with Gasteiger partial charge < -0.3 is 19.7 Å². The van der Waals surface area contributed by atoms with Crippen molar-refractivity contribution in [1.29, 1.82) is 0 Å². The summed E-state index contributed by atoms with van der Waals surface area (Å²) < 4.78 is 75.2. The molecule has 5 aliphatic heterocycles. The van der Waals surface area contributed by atoms with E-state index >= 15 is 13.2 Å². The number of fused-ring (bicyclic) bond motifs is 7. The van der Waals surface area contributed by atoms with Gasteiger partial charge in [-0.2, -0.15) is 15.1 Å². The van der Waals surface area contributed by atoms with Gasteiger partial charge in [-0.25, -0.2) is 22.4 Å². The van der Waals surface area contributed by atoms with Crippen molar-refractivity contribution in [1.82, 2.24) is 35.4 Å². The lowest BCUT2D eigenvalue weighted by atomic mass is 9.90. The normalized spacial score (nSPS) is 26.2. The van der Waals surface area contributed by atoms with Crippen LogP contribution in [0.15, 0.2) is 42.7 Å². The van der Waals surface area contributed by atoms with Crippen LogP contribution in [0.25, 0.3) is 44.2 Å². The van der Waals surface area contributed by atoms with Gasteiger partial charge in [0.15, 0.2) is 5.82 Å². The largest absolute Gasteiger partial charge is 0.461 e. The minimum atomic E-state index is -1.38. The van der Waals surface area contributed by atoms with Gasteiger partial charge in [-0.15, -0.1) is 0 Å². The quantitative estimate of drug-likeness (QED) is 0.201. The van der Waals surface area contributed by atoms with Crippen LogP contribution in [0.5, 0.6) is 6.01 Å². The predicted octanol–water partition coefficient (Wildman–Crippen LogP) is 6.45. The van der Waals surface area contributed by atoms with Gasteiger partial charge in [-0.1, -0.05) is 6.07 Å². The predicted molar refractivity (Wildman–Crippen MR) is 189 cm³/mol. The molecule has 53 heavy (non-hydrogen) atoms. The summed E-state index contributed by atoms with van der Waals surface area (Å²) in [7, 11) is 0. The molecule has 5 aliphatic rings. The van der Waals surface area contributed by atoms with Crippen LogP contribution in [0, 0.1) is 11.6 Å². The fourth-order valence-electron chi connectivity index (χ4n) is 8.97. The molecule has 5 aromatic rings. The van der Waals surface area contributed by atoms with Crippen LogP contribution in [0.1, 0.15) is 44.6 Å². The summed E-state index contributed by atoms with van der Waals surface area (Å²) >= 11 is 0. The molecule has 0 aliphatic carbocycles. The summed E-state index contributed by atoms with van der Waals surface area (Å²) in [4.78, 5) is 30.7. The van der Waals surface area contributed by atoms with Gasteiger partial charge in [0, 0.05) is 49.5 Å². The summed E-state index contributed by atoms with van der Waals surface area (Å²) in [5.41, 5.74) is 0.149. The maximum Gasteiger partial charge on any atom is 0.407 e. The van der Waals surface area contributed by atoms with Crippen LogP contribution in [0.3, 0.4) is 0 Å². The molecule has 276 valence electrons. The Morgan fingerprint density at radius 1 is 1.08 bits per heavy atom. The number of hydrogen-bond acceptors (Lipinski definition) is 9. The molecule has 4 atom stereocenters. The minimum Gasteiger partial charge on any atom is -0.461 e. The third-order valence-electron chi connectivity index (χ3n) is 11.2. The number of carbonyl (C=O) groups is 1. The van der Waals surface area contributed by atoms with E-state index in [1.54, 1.807) is 36.2 Å². The average molecular weight is 731 g/mol. The van der Waals surface area contributed by atoms with Crippen molar-refractivity contribution in [2.45, 2.75) is 68.9 Å². The van der Waals surface area contributed by atoms with Crippen molar-refractivity contribution in [3.05, 3.63) is 59.9 Å². The number of halogens is 4. The minimum absolute atomic E-state index is 0.00562. The number of anilines is 1. The topological polar surface area (TPSA) is 121 Å². The van der Waals surface area contributed by atoms with Gasteiger partial charge in [0.25, 0.3) is 0 Å². The van der Waals surface area contributed by atoms with E-state index in [1.807, 2.05) is 6.07 Å². The summed E-state index contributed by atoms with van der Waals surface area (Å²) in [5.74, 6) is -1.12. The van der Waals surface area contributed by atoms with E-state index in [-0.39, 0.29) is 74.0 Å². The van der Waals surface area contributed by atoms with E-state index in [0.29, 0.717) is 46.1 Å². The number of amides is 1. The Hall–Kier alpha value is -5.05. The number of aryl methyl sites for hydroxylation is 1. The molecular weight excluding hydrogens is 692 g/mol. The zero-order chi connectivity index (χ0) is 36.5. The van der Waals surface area contributed by atoms with E-state index in [4.69, 9.17) is 14.5 Å². The molecule has 2 N–H and O–H groups in total. The third kappa shape index (κ3) is 5.98. The van der Waals surface area contributed by atoms with Crippen molar-refractivity contribution in [3.63, 3.8) is 0 Å². The number of ether oxygens (including phenoxy) is 2. The summed E-state index contributed by atoms with van der Waals surface area (Å²) in [5, 5.41) is 11.1. The maximum absolute atomic E-state index is 17.4. The van der Waals surface area contributed by atoms with Crippen LogP contribution in [0.4, 0.5) is 28.2 Å². The second-order valence-electron chi connectivity index (χ2n) is 15.1. The number of piperidine rings is 1. The van der Waals surface area contributed by atoms with Gasteiger partial charge in [0.1, 0.15) is 41.8 Å². The molecule has 15 heteroatoms. The van der Waals surface area contributed by atoms with Gasteiger partial charge >= 0.3 is 12.1 Å². The Balaban J connectivity index is 1.26. The van der Waals surface area contributed by atoms with Crippen molar-refractivity contribution in [3.8, 4) is 28.5 Å². The van der Waals surface area contributed by atoms with Crippen LogP contribution >= 0.6 is 0 Å². The molecule has 3 aromatic heterocycles. The SMILES string of the molecule is C[C@@]12C[C@@H](F)CN(C1)c1nc(OC[C@@]34CCCN3C[C@H](F)C4)nc3c(F)c(ncc13)-c1cc(-c3ccn[nH]3)cc3ccc(F)c(c13)CCCOC(=O)N2. The lowest BCUT2D eigenvalue weighted by Crippen LogP contribution is -2.60. The Bertz CT molecular complexity index is 2240. The van der Waals surface area contributed by atoms with Crippen LogP contribution in [-0.2, 0) is 11.2 Å². The molecule has 8 heterocycles. The summed E-state index contributed by atoms with van der Waals surface area (Å²) in [6.45, 7) is 2.87.